The lowest BCUT2D eigenvalue weighted by atomic mass is 10.1. The maximum atomic E-state index is 13.5. The van der Waals surface area contributed by atoms with Crippen LogP contribution in [0.3, 0.4) is 0 Å². The van der Waals surface area contributed by atoms with E-state index in [2.05, 4.69) is 55.8 Å². The van der Waals surface area contributed by atoms with Gasteiger partial charge in [0, 0.05) is 122 Å². The number of aryl methyl sites for hydroxylation is 6. The second kappa shape index (κ2) is 50.0. The fraction of sp³-hybridized carbons (Fsp3) is 0.268. The summed E-state index contributed by atoms with van der Waals surface area (Å²) in [5.74, 6) is -11.6. The van der Waals surface area contributed by atoms with E-state index in [-0.39, 0.29) is 129 Å². The van der Waals surface area contributed by atoms with E-state index in [1.807, 2.05) is 90.3 Å². The Bertz CT molecular complexity index is 6710. The summed E-state index contributed by atoms with van der Waals surface area (Å²) < 4.78 is 88.7. The standard InChI is InChI=1S/C20H21FN4O3.C19H18FN3O4.C17H14FN3O4.C15H14FN3O.C10H15NO2.C9H13NO2.C7H5FN2.H2S/c1-10(2)23-20(28)18(26)17-11(3)16(12(4)25(17)6)19(27)24-13-7-8-14(21)15(9-13)22-5;1-6-27-19(26)17(24)16-10(2)15(11(3)23(16)5)18(25)22-12-7-8-13(20)14(9-12)21-4;1-8-13(9(2)21(4)14(8)15(22)17(24)25)16(23)20-10-5-6-11(18)12(7-10)19-3;1-9-8-19(4)10(2)14(9)15(20)18-11-5-6-12(16)13(7-11)17-3;1-5-13-10(12)9-7(2)6-11(4)8(9)3;1-4-12-9(11)8-6(2)5-10-7(8)3;1-10-7-4-5(9)2-3-6(7)8;/h7-10H,1-4,6H3,(H,23,28)(H,24,27);7-9H,6H2,1-3,5H3,(H,22,25);5-7H,1-2,4H3,(H,20,23)(H,24,25);5-8H,1-2,4H3,(H,18,20);6H,5H2,1-4H3;5,10H,4H2,1-3H3;2-4H,9H2;1H2. The quantitative estimate of drug-likeness (QED) is 0.00668. The highest BCUT2D eigenvalue weighted by Gasteiger charge is 2.33. The van der Waals surface area contributed by atoms with Crippen molar-refractivity contribution in [2.45, 2.75) is 124 Å². The number of nitrogens with one attached hydrogen (secondary N) is 6. The first-order chi connectivity index (χ1) is 63.4. The van der Waals surface area contributed by atoms with Crippen LogP contribution < -0.4 is 32.3 Å². The Hall–Kier alpha value is -16.7. The summed E-state index contributed by atoms with van der Waals surface area (Å²) in [6.45, 7) is 64.6. The number of ketones is 3. The Morgan fingerprint density at radius 1 is 0.404 bits per heavy atom. The van der Waals surface area contributed by atoms with E-state index in [1.54, 1.807) is 76.4 Å². The fourth-order valence-corrected chi connectivity index (χ4v) is 13.7. The molecule has 136 heavy (non-hydrogen) atoms. The van der Waals surface area contributed by atoms with Gasteiger partial charge in [-0.1, -0.05) is 0 Å². The number of halogens is 5. The summed E-state index contributed by atoms with van der Waals surface area (Å²) in [7, 11) is 8.45. The summed E-state index contributed by atoms with van der Waals surface area (Å²) in [6, 6.07) is 18.5. The molecule has 0 spiro atoms. The van der Waals surface area contributed by atoms with Crippen molar-refractivity contribution in [2.24, 2.45) is 35.2 Å². The number of carbonyl (C=O) groups is 12. The maximum absolute atomic E-state index is 13.5. The number of aromatic amines is 1. The van der Waals surface area contributed by atoms with E-state index in [4.69, 9.17) is 57.9 Å². The molecular formula is C97H102F5N17O16S. The van der Waals surface area contributed by atoms with Crippen LogP contribution in [-0.2, 0) is 63.8 Å². The number of aliphatic carboxylic acids is 1. The van der Waals surface area contributed by atoms with Crippen LogP contribution in [0.5, 0.6) is 0 Å². The largest absolute Gasteiger partial charge is 0.475 e. The molecule has 5 aromatic carbocycles. The maximum Gasteiger partial charge on any atom is 0.381 e. The van der Waals surface area contributed by atoms with Crippen LogP contribution in [0.1, 0.15) is 196 Å². The van der Waals surface area contributed by atoms with Gasteiger partial charge in [0.15, 0.2) is 0 Å². The summed E-state index contributed by atoms with van der Waals surface area (Å²) >= 11 is 0. The molecule has 0 fully saturated rings. The van der Waals surface area contributed by atoms with Gasteiger partial charge in [-0.05, 0) is 242 Å². The number of hydrogen-bond donors (Lipinski definition) is 8. The van der Waals surface area contributed by atoms with Gasteiger partial charge in [-0.3, -0.25) is 38.4 Å². The number of carboxylic acid groups (broad SMARTS) is 1. The molecule has 5 amide bonds. The van der Waals surface area contributed by atoms with Gasteiger partial charge in [0.05, 0.1) is 91.8 Å². The van der Waals surface area contributed by atoms with Gasteiger partial charge in [-0.15, -0.1) is 0 Å². The Morgan fingerprint density at radius 3 is 0.978 bits per heavy atom. The lowest BCUT2D eigenvalue weighted by Crippen LogP contribution is -2.37. The lowest BCUT2D eigenvalue weighted by Gasteiger charge is -2.09. The summed E-state index contributed by atoms with van der Waals surface area (Å²) in [5, 5.41) is 21.9. The van der Waals surface area contributed by atoms with Gasteiger partial charge in [0.25, 0.3) is 46.9 Å². The average molecular weight is 1890 g/mol. The molecule has 0 saturated carbocycles. The van der Waals surface area contributed by atoms with Gasteiger partial charge in [-0.25, -0.2) is 65.4 Å². The van der Waals surface area contributed by atoms with Gasteiger partial charge < -0.3 is 79.5 Å². The number of esters is 3. The molecule has 6 aromatic heterocycles. The molecule has 33 nitrogen and oxygen atoms in total. The molecule has 0 atom stereocenters. The number of Topliss-reactive ketones (excluding diaryl/α,β-unsaturated/α-hetero) is 3. The smallest absolute Gasteiger partial charge is 0.381 e. The fourth-order valence-electron chi connectivity index (χ4n) is 13.7. The third kappa shape index (κ3) is 27.5. The van der Waals surface area contributed by atoms with Crippen LogP contribution in [0.2, 0.25) is 0 Å². The molecule has 0 bridgehead atoms. The minimum atomic E-state index is -1.61. The van der Waals surface area contributed by atoms with Crippen molar-refractivity contribution >= 4 is 141 Å². The van der Waals surface area contributed by atoms with Gasteiger partial charge in [0.1, 0.15) is 40.5 Å². The lowest BCUT2D eigenvalue weighted by molar-refractivity contribution is -0.137. The van der Waals surface area contributed by atoms with Crippen molar-refractivity contribution < 1.29 is 98.8 Å². The van der Waals surface area contributed by atoms with Crippen molar-refractivity contribution in [1.29, 1.82) is 0 Å². The summed E-state index contributed by atoms with van der Waals surface area (Å²) in [6.07, 6.45) is 5.61. The molecule has 9 N–H and O–H groups in total. The van der Waals surface area contributed by atoms with Crippen molar-refractivity contribution in [3.05, 3.63) is 314 Å². The zero-order valence-corrected chi connectivity index (χ0v) is 79.6. The van der Waals surface area contributed by atoms with E-state index < -0.39 is 82.0 Å². The van der Waals surface area contributed by atoms with Crippen LogP contribution >= 0.6 is 13.5 Å². The first-order valence-electron chi connectivity index (χ1n) is 40.8. The number of amides is 5. The van der Waals surface area contributed by atoms with Crippen molar-refractivity contribution in [3.63, 3.8) is 0 Å². The SMILES string of the molecule is CCOC(=O)c1c(C)c[nH]c1C.CCOC(=O)c1c(C)cn(C)c1C.S.[C-]#[N+]c1cc(N)ccc1F.[C-]#[N+]c1cc(NC(=O)c2c(C)c(C(=O)C(=O)NC(C)C)n(C)c2C)ccc1F.[C-]#[N+]c1cc(NC(=O)c2c(C)c(C(=O)C(=O)O)n(C)c2C)ccc1F.[C-]#[N+]c1cc(NC(=O)c2c(C)c(C(=O)C(=O)OCC)n(C)c2C)ccc1F.[C-]#[N+]c1cc(NC(=O)c2c(C)cn(C)c2C)ccc1F. The number of H-pyrrole nitrogens is 1. The molecule has 6 heterocycles. The third-order valence-corrected chi connectivity index (χ3v) is 20.6. The normalized spacial score (nSPS) is 10.1. The van der Waals surface area contributed by atoms with Crippen molar-refractivity contribution in [2.75, 3.05) is 46.8 Å². The van der Waals surface area contributed by atoms with Crippen LogP contribution in [0.4, 0.5) is 78.8 Å². The number of anilines is 5. The van der Waals surface area contributed by atoms with Crippen molar-refractivity contribution in [1.82, 2.24) is 33.1 Å². The second-order valence-electron chi connectivity index (χ2n) is 30.1. The highest BCUT2D eigenvalue weighted by molar-refractivity contribution is 7.59. The molecule has 0 unspecified atom stereocenters. The zero-order chi connectivity index (χ0) is 102. The van der Waals surface area contributed by atoms with Gasteiger partial charge in [-0.2, -0.15) is 13.5 Å². The number of benzene rings is 5. The topological polar surface area (TPSA) is 401 Å². The number of carbonyl (C=O) groups excluding carboxylic acids is 11. The molecule has 39 heteroatoms. The third-order valence-electron chi connectivity index (χ3n) is 20.6. The van der Waals surface area contributed by atoms with Crippen LogP contribution in [0.15, 0.2) is 110 Å². The number of rotatable bonds is 20. The van der Waals surface area contributed by atoms with Crippen LogP contribution in [0.25, 0.3) is 24.2 Å². The molecule has 11 rings (SSSR count). The molecular weight excluding hydrogens is 1790 g/mol. The molecule has 0 aliphatic carbocycles. The average Bonchev–Trinajstić information content (AvgIpc) is 1.63. The predicted octanol–water partition coefficient (Wildman–Crippen LogP) is 18.8. The number of nitrogens with two attached hydrogens (primary N) is 1. The van der Waals surface area contributed by atoms with E-state index in [1.165, 1.54) is 100 Å². The molecule has 11 aromatic rings. The highest BCUT2D eigenvalue weighted by atomic mass is 32.1. The molecule has 0 aliphatic rings. The number of aromatic nitrogens is 6. The van der Waals surface area contributed by atoms with E-state index >= 15 is 0 Å². The predicted molar refractivity (Wildman–Crippen MR) is 507 cm³/mol. The van der Waals surface area contributed by atoms with Gasteiger partial charge >= 0.3 is 23.9 Å². The van der Waals surface area contributed by atoms with Crippen LogP contribution in [0, 0.1) is 145 Å². The minimum Gasteiger partial charge on any atom is -0.475 e. The molecule has 0 saturated heterocycles. The van der Waals surface area contributed by atoms with E-state index in [0.717, 1.165) is 52.0 Å². The second-order valence-corrected chi connectivity index (χ2v) is 30.1. The Kier molecular flexibility index (Phi) is 41.1. The Balaban J connectivity index is 0.000000340. The van der Waals surface area contributed by atoms with Crippen LogP contribution in [-0.4, -0.2) is 130 Å². The first-order valence-corrected chi connectivity index (χ1v) is 40.8. The number of nitrogens with zero attached hydrogens (tertiary/aromatic N) is 10. The Labute approximate surface area is 788 Å². The summed E-state index contributed by atoms with van der Waals surface area (Å²) in [4.78, 5) is 163. The minimum absolute atomic E-state index is 0. The Morgan fingerprint density at radius 2 is 0.699 bits per heavy atom. The molecule has 0 radical (unpaired) electrons. The highest BCUT2D eigenvalue weighted by Crippen LogP contribution is 2.32. The number of nitrogen functional groups attached to an aromatic ring is 1. The molecule has 0 aliphatic heterocycles. The monoisotopic (exact) mass is 1890 g/mol. The van der Waals surface area contributed by atoms with Gasteiger partial charge in [0.2, 0.25) is 28.4 Å². The number of hydrogen-bond acceptors (Lipinski definition) is 16. The molecule has 712 valence electrons. The zero-order valence-electron chi connectivity index (χ0n) is 78.6. The van der Waals surface area contributed by atoms with E-state index in [0.29, 0.717) is 69.5 Å². The number of ether oxygens (including phenoxy) is 3. The first kappa shape index (κ1) is 112. The summed E-state index contributed by atoms with van der Waals surface area (Å²) in [5.41, 5.74) is 16.5. The van der Waals surface area contributed by atoms with E-state index in [9.17, 15) is 79.5 Å². The number of carboxylic acids is 1. The van der Waals surface area contributed by atoms with Crippen molar-refractivity contribution in [3.8, 4) is 0 Å².